The molecular weight excluding hydrogens is 292 g/mol. The van der Waals surface area contributed by atoms with Gasteiger partial charge >= 0.3 is 0 Å². The SMILES string of the molecule is O=C1CCN=C(NCCCNCC2CCc3ccccc3O2)N1. The molecule has 2 aliphatic rings. The fourth-order valence-electron chi connectivity index (χ4n) is 2.81. The van der Waals surface area contributed by atoms with Crippen LogP contribution in [0.25, 0.3) is 0 Å². The van der Waals surface area contributed by atoms with Crippen molar-refractivity contribution in [3.63, 3.8) is 0 Å². The number of nitrogens with one attached hydrogen (secondary N) is 3. The lowest BCUT2D eigenvalue weighted by Crippen LogP contribution is -2.44. The monoisotopic (exact) mass is 316 g/mol. The van der Waals surface area contributed by atoms with E-state index in [-0.39, 0.29) is 12.0 Å². The first-order chi connectivity index (χ1) is 11.3. The van der Waals surface area contributed by atoms with Crippen LogP contribution >= 0.6 is 0 Å². The number of carbonyl (C=O) groups is 1. The van der Waals surface area contributed by atoms with Gasteiger partial charge in [-0.2, -0.15) is 0 Å². The van der Waals surface area contributed by atoms with Gasteiger partial charge in [0.05, 0.1) is 6.54 Å². The zero-order chi connectivity index (χ0) is 15.9. The van der Waals surface area contributed by atoms with E-state index in [0.29, 0.717) is 18.9 Å². The van der Waals surface area contributed by atoms with E-state index in [1.54, 1.807) is 0 Å². The fourth-order valence-corrected chi connectivity index (χ4v) is 2.81. The number of rotatable bonds is 6. The van der Waals surface area contributed by atoms with Crippen molar-refractivity contribution in [3.05, 3.63) is 29.8 Å². The smallest absolute Gasteiger partial charge is 0.228 e. The van der Waals surface area contributed by atoms with Gasteiger partial charge in [-0.05, 0) is 37.4 Å². The van der Waals surface area contributed by atoms with Gasteiger partial charge in [0.15, 0.2) is 5.96 Å². The molecule has 3 N–H and O–H groups in total. The zero-order valence-corrected chi connectivity index (χ0v) is 13.3. The predicted octanol–water partition coefficient (Wildman–Crippen LogP) is 0.825. The Bertz CT molecular complexity index is 573. The first-order valence-corrected chi connectivity index (χ1v) is 8.35. The standard InChI is InChI=1S/C17H24N4O2/c22-16-8-11-20-17(21-16)19-10-3-9-18-12-14-7-6-13-4-1-2-5-15(13)23-14/h1-2,4-5,14,18H,3,6-12H2,(H2,19,20,21,22). The van der Waals surface area contributed by atoms with Crippen molar-refractivity contribution in [1.82, 2.24) is 16.0 Å². The van der Waals surface area contributed by atoms with Crippen molar-refractivity contribution < 1.29 is 9.53 Å². The Labute approximate surface area is 136 Å². The van der Waals surface area contributed by atoms with Crippen LogP contribution < -0.4 is 20.7 Å². The molecule has 1 amide bonds. The van der Waals surface area contributed by atoms with Crippen LogP contribution in [0.15, 0.2) is 29.3 Å². The van der Waals surface area contributed by atoms with Gasteiger partial charge in [-0.3, -0.25) is 15.1 Å². The Morgan fingerprint density at radius 2 is 2.17 bits per heavy atom. The van der Waals surface area contributed by atoms with Crippen molar-refractivity contribution in [3.8, 4) is 5.75 Å². The molecule has 0 bridgehead atoms. The number of guanidine groups is 1. The highest BCUT2D eigenvalue weighted by Crippen LogP contribution is 2.26. The first kappa shape index (κ1) is 15.8. The van der Waals surface area contributed by atoms with Crippen LogP contribution in [0.2, 0.25) is 0 Å². The molecule has 3 rings (SSSR count). The maximum absolute atomic E-state index is 11.2. The van der Waals surface area contributed by atoms with Crippen LogP contribution in [0.1, 0.15) is 24.8 Å². The minimum atomic E-state index is 0.0374. The topological polar surface area (TPSA) is 74.8 Å². The average molecular weight is 316 g/mol. The third-order valence-electron chi connectivity index (χ3n) is 4.06. The third kappa shape index (κ3) is 4.69. The maximum Gasteiger partial charge on any atom is 0.228 e. The van der Waals surface area contributed by atoms with Crippen LogP contribution in [0.4, 0.5) is 0 Å². The molecule has 0 aliphatic carbocycles. The second kappa shape index (κ2) is 7.97. The summed E-state index contributed by atoms with van der Waals surface area (Å²) in [4.78, 5) is 15.4. The number of hydrogen-bond acceptors (Lipinski definition) is 5. The van der Waals surface area contributed by atoms with Gasteiger partial charge in [-0.1, -0.05) is 18.2 Å². The van der Waals surface area contributed by atoms with E-state index in [1.165, 1.54) is 5.56 Å². The number of aryl methyl sites for hydroxylation is 1. The summed E-state index contributed by atoms with van der Waals surface area (Å²) in [5, 5.41) is 9.32. The van der Waals surface area contributed by atoms with E-state index in [1.807, 2.05) is 12.1 Å². The largest absolute Gasteiger partial charge is 0.489 e. The van der Waals surface area contributed by atoms with Gasteiger partial charge in [0.2, 0.25) is 5.91 Å². The fraction of sp³-hybridized carbons (Fsp3) is 0.529. The van der Waals surface area contributed by atoms with Crippen LogP contribution in [0.5, 0.6) is 5.75 Å². The summed E-state index contributed by atoms with van der Waals surface area (Å²) >= 11 is 0. The predicted molar refractivity (Wildman–Crippen MR) is 89.7 cm³/mol. The Balaban J connectivity index is 1.28. The summed E-state index contributed by atoms with van der Waals surface area (Å²) in [5.41, 5.74) is 1.31. The maximum atomic E-state index is 11.2. The van der Waals surface area contributed by atoms with Crippen molar-refractivity contribution >= 4 is 11.9 Å². The molecule has 1 aromatic carbocycles. The lowest BCUT2D eigenvalue weighted by molar-refractivity contribution is -0.119. The number of aliphatic imine (C=N–C) groups is 1. The Morgan fingerprint density at radius 1 is 1.26 bits per heavy atom. The number of amides is 1. The minimum Gasteiger partial charge on any atom is -0.489 e. The Kier molecular flexibility index (Phi) is 5.47. The van der Waals surface area contributed by atoms with E-state index in [0.717, 1.165) is 44.6 Å². The van der Waals surface area contributed by atoms with Gasteiger partial charge < -0.3 is 15.4 Å². The molecule has 1 atom stereocenters. The van der Waals surface area contributed by atoms with E-state index >= 15 is 0 Å². The zero-order valence-electron chi connectivity index (χ0n) is 13.3. The Hall–Kier alpha value is -2.08. The summed E-state index contributed by atoms with van der Waals surface area (Å²) in [6.07, 6.45) is 3.85. The second-order valence-electron chi connectivity index (χ2n) is 5.90. The molecule has 0 aromatic heterocycles. The van der Waals surface area contributed by atoms with Gasteiger partial charge in [0.1, 0.15) is 11.9 Å². The summed E-state index contributed by atoms with van der Waals surface area (Å²) in [6.45, 7) is 3.15. The normalized spacial score (nSPS) is 20.1. The molecular formula is C17H24N4O2. The molecule has 0 radical (unpaired) electrons. The van der Waals surface area contributed by atoms with E-state index < -0.39 is 0 Å². The Morgan fingerprint density at radius 3 is 3.09 bits per heavy atom. The van der Waals surface area contributed by atoms with Crippen LogP contribution in [-0.2, 0) is 11.2 Å². The molecule has 2 aliphatic heterocycles. The molecule has 6 heteroatoms. The minimum absolute atomic E-state index is 0.0374. The van der Waals surface area contributed by atoms with Gasteiger partial charge in [0, 0.05) is 19.5 Å². The first-order valence-electron chi connectivity index (χ1n) is 8.35. The summed E-state index contributed by atoms with van der Waals surface area (Å²) in [5.74, 6) is 1.67. The number of carbonyl (C=O) groups excluding carboxylic acids is 1. The van der Waals surface area contributed by atoms with E-state index in [9.17, 15) is 4.79 Å². The molecule has 1 aromatic rings. The highest BCUT2D eigenvalue weighted by atomic mass is 16.5. The van der Waals surface area contributed by atoms with Crippen LogP contribution in [-0.4, -0.2) is 44.1 Å². The van der Waals surface area contributed by atoms with E-state index in [2.05, 4.69) is 33.1 Å². The number of benzene rings is 1. The van der Waals surface area contributed by atoms with Crippen molar-refractivity contribution in [2.75, 3.05) is 26.2 Å². The molecule has 23 heavy (non-hydrogen) atoms. The van der Waals surface area contributed by atoms with E-state index in [4.69, 9.17) is 4.74 Å². The molecule has 0 saturated carbocycles. The number of hydrogen-bond donors (Lipinski definition) is 3. The van der Waals surface area contributed by atoms with Crippen molar-refractivity contribution in [2.45, 2.75) is 31.8 Å². The summed E-state index contributed by atoms with van der Waals surface area (Å²) < 4.78 is 6.00. The highest BCUT2D eigenvalue weighted by molar-refractivity contribution is 5.98. The lowest BCUT2D eigenvalue weighted by atomic mass is 10.0. The molecule has 124 valence electrons. The van der Waals surface area contributed by atoms with Crippen LogP contribution in [0, 0.1) is 0 Å². The summed E-state index contributed by atoms with van der Waals surface area (Å²) in [6, 6.07) is 8.27. The van der Waals surface area contributed by atoms with Gasteiger partial charge in [-0.15, -0.1) is 0 Å². The molecule has 1 unspecified atom stereocenters. The van der Waals surface area contributed by atoms with Gasteiger partial charge in [-0.25, -0.2) is 0 Å². The quantitative estimate of drug-likeness (QED) is 0.680. The molecule has 0 saturated heterocycles. The highest BCUT2D eigenvalue weighted by Gasteiger charge is 2.18. The molecule has 2 heterocycles. The average Bonchev–Trinajstić information content (AvgIpc) is 2.58. The number of fused-ring (bicyclic) bond motifs is 1. The van der Waals surface area contributed by atoms with Crippen molar-refractivity contribution in [1.29, 1.82) is 0 Å². The number of para-hydroxylation sites is 1. The van der Waals surface area contributed by atoms with Gasteiger partial charge in [0.25, 0.3) is 0 Å². The second-order valence-corrected chi connectivity index (χ2v) is 5.90. The van der Waals surface area contributed by atoms with Crippen molar-refractivity contribution in [2.24, 2.45) is 4.99 Å². The summed E-state index contributed by atoms with van der Waals surface area (Å²) in [7, 11) is 0. The molecule has 0 spiro atoms. The van der Waals surface area contributed by atoms with Crippen LogP contribution in [0.3, 0.4) is 0 Å². The molecule has 0 fully saturated rings. The number of ether oxygens (including phenoxy) is 1. The third-order valence-corrected chi connectivity index (χ3v) is 4.06. The number of nitrogens with zero attached hydrogens (tertiary/aromatic N) is 1. The molecule has 6 nitrogen and oxygen atoms in total. The lowest BCUT2D eigenvalue weighted by Gasteiger charge is -2.26.